The molecule has 2 amide bonds. The lowest BCUT2D eigenvalue weighted by Crippen LogP contribution is -2.42. The number of aromatic nitrogens is 3. The van der Waals surface area contributed by atoms with Crippen molar-refractivity contribution in [3.8, 4) is 0 Å². The number of amides is 2. The number of carbonyl (C=O) groups excluding carboxylic acids is 2. The standard InChI is InChI=1S/C23H24F3N5O3/c1-14(32)15-7-9-30(10-8-15)21(33)13-31-12-16-11-17(5-6-18(16)29-31)27-22(34)19-3-2-4-20(28-19)23(24,25)26/h2-6,11-12,14-15,32H,7-10,13H2,1H3,(H,27,34). The zero-order valence-electron chi connectivity index (χ0n) is 18.4. The molecule has 3 heterocycles. The lowest BCUT2D eigenvalue weighted by Gasteiger charge is -2.33. The summed E-state index contributed by atoms with van der Waals surface area (Å²) in [5.74, 6) is -0.634. The summed E-state index contributed by atoms with van der Waals surface area (Å²) in [4.78, 5) is 30.2. The second-order valence-electron chi connectivity index (χ2n) is 8.42. The van der Waals surface area contributed by atoms with Crippen LogP contribution in [0.1, 0.15) is 35.9 Å². The monoisotopic (exact) mass is 475 g/mol. The summed E-state index contributed by atoms with van der Waals surface area (Å²) in [5, 5.41) is 17.3. The molecule has 0 spiro atoms. The molecule has 4 rings (SSSR count). The zero-order valence-corrected chi connectivity index (χ0v) is 18.4. The topological polar surface area (TPSA) is 100 Å². The van der Waals surface area contributed by atoms with Gasteiger partial charge in [-0.1, -0.05) is 6.07 Å². The maximum absolute atomic E-state index is 12.9. The van der Waals surface area contributed by atoms with Crippen molar-refractivity contribution in [3.63, 3.8) is 0 Å². The van der Waals surface area contributed by atoms with Crippen molar-refractivity contribution < 1.29 is 27.9 Å². The van der Waals surface area contributed by atoms with Crippen molar-refractivity contribution in [2.45, 2.75) is 38.6 Å². The molecule has 0 saturated carbocycles. The number of alkyl halides is 3. The number of carbonyl (C=O) groups is 2. The summed E-state index contributed by atoms with van der Waals surface area (Å²) in [7, 11) is 0. The van der Waals surface area contributed by atoms with E-state index in [2.05, 4.69) is 15.4 Å². The van der Waals surface area contributed by atoms with E-state index in [0.717, 1.165) is 25.0 Å². The number of piperidine rings is 1. The van der Waals surface area contributed by atoms with Gasteiger partial charge in [0.15, 0.2) is 0 Å². The van der Waals surface area contributed by atoms with E-state index >= 15 is 0 Å². The molecular formula is C23H24F3N5O3. The van der Waals surface area contributed by atoms with E-state index in [1.54, 1.807) is 36.2 Å². The minimum absolute atomic E-state index is 0.0594. The van der Waals surface area contributed by atoms with Gasteiger partial charge in [0, 0.05) is 30.4 Å². The van der Waals surface area contributed by atoms with E-state index in [1.807, 2.05) is 0 Å². The molecular weight excluding hydrogens is 451 g/mol. The molecule has 0 radical (unpaired) electrons. The third-order valence-electron chi connectivity index (χ3n) is 5.95. The number of benzene rings is 1. The Labute approximate surface area is 193 Å². The summed E-state index contributed by atoms with van der Waals surface area (Å²) in [5.41, 5.74) is -0.522. The van der Waals surface area contributed by atoms with Crippen LogP contribution in [0, 0.1) is 5.92 Å². The first-order valence-electron chi connectivity index (χ1n) is 10.9. The first-order valence-corrected chi connectivity index (χ1v) is 10.9. The maximum Gasteiger partial charge on any atom is 0.433 e. The van der Waals surface area contributed by atoms with Crippen LogP contribution in [-0.4, -0.2) is 55.8 Å². The van der Waals surface area contributed by atoms with Crippen LogP contribution in [0.3, 0.4) is 0 Å². The minimum Gasteiger partial charge on any atom is -0.393 e. The quantitative estimate of drug-likeness (QED) is 0.590. The van der Waals surface area contributed by atoms with Gasteiger partial charge in [0.25, 0.3) is 5.91 Å². The van der Waals surface area contributed by atoms with E-state index < -0.39 is 17.8 Å². The van der Waals surface area contributed by atoms with Crippen molar-refractivity contribution in [2.24, 2.45) is 5.92 Å². The molecule has 11 heteroatoms. The van der Waals surface area contributed by atoms with Gasteiger partial charge in [0.1, 0.15) is 17.9 Å². The lowest BCUT2D eigenvalue weighted by molar-refractivity contribution is -0.141. The number of hydrogen-bond donors (Lipinski definition) is 2. The molecule has 34 heavy (non-hydrogen) atoms. The molecule has 1 fully saturated rings. The molecule has 1 aliphatic rings. The van der Waals surface area contributed by atoms with Gasteiger partial charge < -0.3 is 15.3 Å². The highest BCUT2D eigenvalue weighted by molar-refractivity contribution is 6.03. The second-order valence-corrected chi connectivity index (χ2v) is 8.42. The van der Waals surface area contributed by atoms with Gasteiger partial charge in [0.2, 0.25) is 5.91 Å². The predicted octanol–water partition coefficient (Wildman–Crippen LogP) is 3.32. The van der Waals surface area contributed by atoms with Gasteiger partial charge >= 0.3 is 6.18 Å². The first-order chi connectivity index (χ1) is 16.1. The summed E-state index contributed by atoms with van der Waals surface area (Å²) < 4.78 is 40.1. The molecule has 8 nitrogen and oxygen atoms in total. The van der Waals surface area contributed by atoms with Gasteiger partial charge in [-0.2, -0.15) is 18.3 Å². The van der Waals surface area contributed by atoms with Crippen LogP contribution < -0.4 is 5.32 Å². The number of likely N-dealkylation sites (tertiary alicyclic amines) is 1. The number of fused-ring (bicyclic) bond motifs is 1. The fraction of sp³-hybridized carbons (Fsp3) is 0.391. The van der Waals surface area contributed by atoms with Gasteiger partial charge in [-0.15, -0.1) is 0 Å². The van der Waals surface area contributed by atoms with E-state index in [0.29, 0.717) is 29.7 Å². The predicted molar refractivity (Wildman–Crippen MR) is 118 cm³/mol. The average Bonchev–Trinajstić information content (AvgIpc) is 3.20. The number of pyridine rings is 1. The number of nitrogens with zero attached hydrogens (tertiary/aromatic N) is 4. The molecule has 2 aromatic heterocycles. The summed E-state index contributed by atoms with van der Waals surface area (Å²) in [6, 6.07) is 7.99. The highest BCUT2D eigenvalue weighted by atomic mass is 19.4. The van der Waals surface area contributed by atoms with E-state index in [4.69, 9.17) is 0 Å². The number of hydrogen-bond acceptors (Lipinski definition) is 5. The van der Waals surface area contributed by atoms with Crippen LogP contribution in [0.4, 0.5) is 18.9 Å². The Hall–Kier alpha value is -3.47. The highest BCUT2D eigenvalue weighted by Gasteiger charge is 2.33. The molecule has 3 aromatic rings. The van der Waals surface area contributed by atoms with E-state index in [9.17, 15) is 27.9 Å². The number of nitrogens with one attached hydrogen (secondary N) is 1. The van der Waals surface area contributed by atoms with Crippen molar-refractivity contribution in [1.29, 1.82) is 0 Å². The van der Waals surface area contributed by atoms with Gasteiger partial charge in [-0.3, -0.25) is 14.3 Å². The third kappa shape index (κ3) is 5.36. The van der Waals surface area contributed by atoms with E-state index in [1.165, 1.54) is 10.7 Å². The Bertz CT molecular complexity index is 1200. The summed E-state index contributed by atoms with van der Waals surface area (Å²) >= 11 is 0. The number of anilines is 1. The van der Waals surface area contributed by atoms with Crippen molar-refractivity contribution in [1.82, 2.24) is 19.7 Å². The van der Waals surface area contributed by atoms with Gasteiger partial charge in [-0.25, -0.2) is 4.98 Å². The number of aliphatic hydroxyl groups excluding tert-OH is 1. The van der Waals surface area contributed by atoms with E-state index in [-0.39, 0.29) is 30.2 Å². The molecule has 0 aliphatic carbocycles. The number of aliphatic hydroxyl groups is 1. The Morgan fingerprint density at radius 2 is 1.94 bits per heavy atom. The average molecular weight is 475 g/mol. The smallest absolute Gasteiger partial charge is 0.393 e. The van der Waals surface area contributed by atoms with Crippen LogP contribution in [0.25, 0.3) is 10.9 Å². The third-order valence-corrected chi connectivity index (χ3v) is 5.95. The first kappa shape index (κ1) is 23.7. The fourth-order valence-electron chi connectivity index (χ4n) is 4.02. The molecule has 180 valence electrons. The van der Waals surface area contributed by atoms with Crippen LogP contribution in [0.5, 0.6) is 0 Å². The van der Waals surface area contributed by atoms with Crippen LogP contribution in [0.15, 0.2) is 42.6 Å². The molecule has 1 aliphatic heterocycles. The van der Waals surface area contributed by atoms with Crippen LogP contribution in [-0.2, 0) is 17.5 Å². The Kier molecular flexibility index (Phi) is 6.56. The SMILES string of the molecule is CC(O)C1CCN(C(=O)Cn2cc3cc(NC(=O)c4cccc(C(F)(F)F)n4)ccc3n2)CC1. The second kappa shape index (κ2) is 9.41. The molecule has 1 aromatic carbocycles. The Morgan fingerprint density at radius 1 is 1.21 bits per heavy atom. The fourth-order valence-corrected chi connectivity index (χ4v) is 4.02. The lowest BCUT2D eigenvalue weighted by atomic mass is 9.92. The summed E-state index contributed by atoms with van der Waals surface area (Å²) in [6.07, 6.45) is -1.84. The highest BCUT2D eigenvalue weighted by Crippen LogP contribution is 2.27. The normalized spacial score (nSPS) is 16.0. The maximum atomic E-state index is 12.9. The largest absolute Gasteiger partial charge is 0.433 e. The van der Waals surface area contributed by atoms with Gasteiger partial charge in [0.05, 0.1) is 11.6 Å². The van der Waals surface area contributed by atoms with Gasteiger partial charge in [-0.05, 0) is 56.0 Å². The minimum atomic E-state index is -4.64. The van der Waals surface area contributed by atoms with Crippen LogP contribution in [0.2, 0.25) is 0 Å². The summed E-state index contributed by atoms with van der Waals surface area (Å²) in [6.45, 7) is 3.01. The van der Waals surface area contributed by atoms with Crippen molar-refractivity contribution in [2.75, 3.05) is 18.4 Å². The number of halogens is 3. The molecule has 0 bridgehead atoms. The van der Waals surface area contributed by atoms with Crippen molar-refractivity contribution in [3.05, 3.63) is 54.0 Å². The molecule has 1 unspecified atom stereocenters. The Balaban J connectivity index is 1.41. The zero-order chi connectivity index (χ0) is 24.5. The molecule has 1 saturated heterocycles. The van der Waals surface area contributed by atoms with Crippen LogP contribution >= 0.6 is 0 Å². The number of rotatable bonds is 5. The molecule has 1 atom stereocenters. The van der Waals surface area contributed by atoms with Crippen molar-refractivity contribution >= 4 is 28.4 Å². The Morgan fingerprint density at radius 3 is 2.62 bits per heavy atom. The molecule has 2 N–H and O–H groups in total.